The quantitative estimate of drug-likeness (QED) is 0.878. The fourth-order valence-electron chi connectivity index (χ4n) is 1.82. The van der Waals surface area contributed by atoms with Crippen molar-refractivity contribution in [1.82, 2.24) is 9.97 Å². The van der Waals surface area contributed by atoms with Crippen molar-refractivity contribution < 1.29 is 4.74 Å². The zero-order valence-corrected chi connectivity index (χ0v) is 12.8. The number of nitrogens with one attached hydrogen (secondary N) is 1. The molecule has 0 unspecified atom stereocenters. The lowest BCUT2D eigenvalue weighted by atomic mass is 10.2. The minimum absolute atomic E-state index is 0.511. The smallest absolute Gasteiger partial charge is 0.227 e. The van der Waals surface area contributed by atoms with Gasteiger partial charge in [-0.1, -0.05) is 30.1 Å². The molecule has 1 aromatic carbocycles. The van der Waals surface area contributed by atoms with E-state index < -0.39 is 0 Å². The molecule has 0 amide bonds. The highest BCUT2D eigenvalue weighted by Crippen LogP contribution is 2.31. The number of hydrogen-bond acceptors (Lipinski definition) is 4. The molecule has 0 bridgehead atoms. The summed E-state index contributed by atoms with van der Waals surface area (Å²) in [5.41, 5.74) is 0.922. The third-order valence-electron chi connectivity index (χ3n) is 2.65. The molecular formula is C14H15Cl2N3O. The first-order valence-electron chi connectivity index (χ1n) is 6.35. The minimum Gasteiger partial charge on any atom is -0.438 e. The number of rotatable bonds is 5. The predicted molar refractivity (Wildman–Crippen MR) is 82.1 cm³/mol. The summed E-state index contributed by atoms with van der Waals surface area (Å²) in [6.45, 7) is 4.82. The number of benzene rings is 1. The molecule has 0 radical (unpaired) electrons. The first-order valence-corrected chi connectivity index (χ1v) is 7.11. The van der Waals surface area contributed by atoms with E-state index >= 15 is 0 Å². The standard InChI is InChI=1S/C14H15Cl2N3O/c1-3-12-13(17-4-2)18-8-19-14(12)20-11-6-9(15)5-10(16)7-11/h5-8H,3-4H2,1-2H3,(H,17,18,19). The Labute approximate surface area is 128 Å². The summed E-state index contributed by atoms with van der Waals surface area (Å²) in [5.74, 6) is 1.85. The summed E-state index contributed by atoms with van der Waals surface area (Å²) in [4.78, 5) is 8.41. The van der Waals surface area contributed by atoms with Gasteiger partial charge in [0.25, 0.3) is 0 Å². The Hall–Kier alpha value is -1.52. The van der Waals surface area contributed by atoms with E-state index in [1.807, 2.05) is 13.8 Å². The summed E-state index contributed by atoms with van der Waals surface area (Å²) in [5, 5.41) is 4.23. The Morgan fingerprint density at radius 1 is 1.10 bits per heavy atom. The van der Waals surface area contributed by atoms with Crippen LogP contribution >= 0.6 is 23.2 Å². The largest absolute Gasteiger partial charge is 0.438 e. The van der Waals surface area contributed by atoms with Crippen LogP contribution in [0.4, 0.5) is 5.82 Å². The predicted octanol–water partition coefficient (Wildman–Crippen LogP) is 4.57. The van der Waals surface area contributed by atoms with E-state index in [4.69, 9.17) is 27.9 Å². The van der Waals surface area contributed by atoms with Crippen molar-refractivity contribution in [1.29, 1.82) is 0 Å². The second-order valence-corrected chi connectivity index (χ2v) is 4.97. The van der Waals surface area contributed by atoms with Gasteiger partial charge in [-0.25, -0.2) is 9.97 Å². The van der Waals surface area contributed by atoms with Gasteiger partial charge in [-0.3, -0.25) is 0 Å². The summed E-state index contributed by atoms with van der Waals surface area (Å²) in [6.07, 6.45) is 2.23. The van der Waals surface area contributed by atoms with Crippen LogP contribution in [-0.2, 0) is 6.42 Å². The molecule has 0 fully saturated rings. The molecule has 1 heterocycles. The van der Waals surface area contributed by atoms with Gasteiger partial charge in [0.05, 0.1) is 5.56 Å². The lowest BCUT2D eigenvalue weighted by Gasteiger charge is -2.13. The van der Waals surface area contributed by atoms with Gasteiger partial charge in [0.1, 0.15) is 17.9 Å². The van der Waals surface area contributed by atoms with Crippen LogP contribution in [0.3, 0.4) is 0 Å². The number of anilines is 1. The van der Waals surface area contributed by atoms with Crippen LogP contribution in [0, 0.1) is 0 Å². The third-order valence-corrected chi connectivity index (χ3v) is 3.09. The maximum Gasteiger partial charge on any atom is 0.227 e. The van der Waals surface area contributed by atoms with Gasteiger partial charge in [-0.2, -0.15) is 0 Å². The van der Waals surface area contributed by atoms with Crippen molar-refractivity contribution >= 4 is 29.0 Å². The second kappa shape index (κ2) is 6.77. The zero-order chi connectivity index (χ0) is 14.5. The molecule has 4 nitrogen and oxygen atoms in total. The Bertz CT molecular complexity index is 585. The van der Waals surface area contributed by atoms with E-state index in [9.17, 15) is 0 Å². The van der Waals surface area contributed by atoms with Crippen LogP contribution in [0.25, 0.3) is 0 Å². The van der Waals surface area contributed by atoms with Gasteiger partial charge in [0.15, 0.2) is 0 Å². The Morgan fingerprint density at radius 2 is 1.80 bits per heavy atom. The average Bonchev–Trinajstić information content (AvgIpc) is 2.38. The number of hydrogen-bond donors (Lipinski definition) is 1. The molecule has 2 aromatic rings. The van der Waals surface area contributed by atoms with Crippen molar-refractivity contribution in [2.75, 3.05) is 11.9 Å². The Balaban J connectivity index is 2.35. The van der Waals surface area contributed by atoms with Crippen molar-refractivity contribution in [3.05, 3.63) is 40.1 Å². The molecule has 20 heavy (non-hydrogen) atoms. The normalized spacial score (nSPS) is 10.4. The number of aromatic nitrogens is 2. The van der Waals surface area contributed by atoms with Gasteiger partial charge >= 0.3 is 0 Å². The monoisotopic (exact) mass is 311 g/mol. The molecular weight excluding hydrogens is 297 g/mol. The second-order valence-electron chi connectivity index (χ2n) is 4.10. The highest BCUT2D eigenvalue weighted by molar-refractivity contribution is 6.34. The van der Waals surface area contributed by atoms with E-state index in [0.29, 0.717) is 21.7 Å². The van der Waals surface area contributed by atoms with E-state index in [0.717, 1.165) is 24.3 Å². The maximum atomic E-state index is 5.96. The molecule has 0 aliphatic rings. The van der Waals surface area contributed by atoms with Gasteiger partial charge in [0, 0.05) is 16.6 Å². The Morgan fingerprint density at radius 3 is 2.40 bits per heavy atom. The first kappa shape index (κ1) is 14.9. The fraction of sp³-hybridized carbons (Fsp3) is 0.286. The summed E-state index contributed by atoms with van der Waals surface area (Å²) >= 11 is 11.9. The molecule has 106 valence electrons. The zero-order valence-electron chi connectivity index (χ0n) is 11.3. The molecule has 1 aromatic heterocycles. The van der Waals surface area contributed by atoms with Crippen LogP contribution in [0.1, 0.15) is 19.4 Å². The van der Waals surface area contributed by atoms with Crippen molar-refractivity contribution in [3.63, 3.8) is 0 Å². The van der Waals surface area contributed by atoms with Crippen molar-refractivity contribution in [2.24, 2.45) is 0 Å². The molecule has 0 saturated carbocycles. The maximum absolute atomic E-state index is 5.96. The number of nitrogens with zero attached hydrogens (tertiary/aromatic N) is 2. The molecule has 0 saturated heterocycles. The molecule has 1 N–H and O–H groups in total. The molecule has 0 atom stereocenters. The van der Waals surface area contributed by atoms with Gasteiger partial charge in [0.2, 0.25) is 5.88 Å². The van der Waals surface area contributed by atoms with E-state index in [-0.39, 0.29) is 0 Å². The summed E-state index contributed by atoms with van der Waals surface area (Å²) < 4.78 is 5.79. The third kappa shape index (κ3) is 3.52. The summed E-state index contributed by atoms with van der Waals surface area (Å²) in [6, 6.07) is 5.05. The van der Waals surface area contributed by atoms with Crippen LogP contribution in [0.5, 0.6) is 11.6 Å². The van der Waals surface area contributed by atoms with Crippen LogP contribution in [0.2, 0.25) is 10.0 Å². The average molecular weight is 312 g/mol. The minimum atomic E-state index is 0.511. The fourth-order valence-corrected chi connectivity index (χ4v) is 2.33. The van der Waals surface area contributed by atoms with Crippen molar-refractivity contribution in [3.8, 4) is 11.6 Å². The van der Waals surface area contributed by atoms with Gasteiger partial charge < -0.3 is 10.1 Å². The molecule has 0 aliphatic heterocycles. The lowest BCUT2D eigenvalue weighted by molar-refractivity contribution is 0.455. The number of ether oxygens (including phenoxy) is 1. The van der Waals surface area contributed by atoms with Crippen LogP contribution in [-0.4, -0.2) is 16.5 Å². The van der Waals surface area contributed by atoms with Crippen molar-refractivity contribution in [2.45, 2.75) is 20.3 Å². The van der Waals surface area contributed by atoms with Crippen LogP contribution in [0.15, 0.2) is 24.5 Å². The molecule has 0 aliphatic carbocycles. The number of halogens is 2. The van der Waals surface area contributed by atoms with Gasteiger partial charge in [-0.15, -0.1) is 0 Å². The molecule has 0 spiro atoms. The van der Waals surface area contributed by atoms with E-state index in [2.05, 4.69) is 15.3 Å². The Kier molecular flexibility index (Phi) is 5.04. The summed E-state index contributed by atoms with van der Waals surface area (Å²) in [7, 11) is 0. The SMILES string of the molecule is CCNc1ncnc(Oc2cc(Cl)cc(Cl)c2)c1CC. The van der Waals surface area contributed by atoms with E-state index in [1.54, 1.807) is 18.2 Å². The van der Waals surface area contributed by atoms with E-state index in [1.165, 1.54) is 6.33 Å². The molecule has 2 rings (SSSR count). The first-order chi connectivity index (χ1) is 9.63. The highest BCUT2D eigenvalue weighted by Gasteiger charge is 2.12. The highest BCUT2D eigenvalue weighted by atomic mass is 35.5. The molecule has 6 heteroatoms. The van der Waals surface area contributed by atoms with Gasteiger partial charge in [-0.05, 0) is 31.5 Å². The lowest BCUT2D eigenvalue weighted by Crippen LogP contribution is -2.05. The van der Waals surface area contributed by atoms with Crippen LogP contribution < -0.4 is 10.1 Å². The topological polar surface area (TPSA) is 47.0 Å².